The molecule has 0 radical (unpaired) electrons. The summed E-state index contributed by atoms with van der Waals surface area (Å²) in [5.41, 5.74) is 2.59. The Morgan fingerprint density at radius 2 is 1.04 bits per heavy atom. The standard InChI is InChI=1S/C23H22/c1-3-7-18(8-4-1)11-15-22-20-13-14-21(17-20)23(22)16-12-19-9-5-2-6-10-19/h1-16,20-23H,17H2/b15-11+,16-12+/t20-,21+,22+,23-. The van der Waals surface area contributed by atoms with E-state index in [4.69, 9.17) is 0 Å². The molecule has 2 aliphatic rings. The third kappa shape index (κ3) is 3.07. The van der Waals surface area contributed by atoms with Gasteiger partial charge < -0.3 is 0 Å². The fourth-order valence-electron chi connectivity index (χ4n) is 4.01. The summed E-state index contributed by atoms with van der Waals surface area (Å²) >= 11 is 0. The third-order valence-corrected chi connectivity index (χ3v) is 5.20. The Bertz CT molecular complexity index is 658. The molecule has 0 heteroatoms. The van der Waals surface area contributed by atoms with Gasteiger partial charge in [0.15, 0.2) is 0 Å². The molecule has 0 saturated heterocycles. The quantitative estimate of drug-likeness (QED) is 0.621. The van der Waals surface area contributed by atoms with Crippen LogP contribution in [0.15, 0.2) is 85.0 Å². The van der Waals surface area contributed by atoms with E-state index < -0.39 is 0 Å². The lowest BCUT2D eigenvalue weighted by molar-refractivity contribution is 0.450. The first-order valence-corrected chi connectivity index (χ1v) is 8.55. The molecule has 0 unspecified atom stereocenters. The molecule has 0 nitrogen and oxygen atoms in total. The fourth-order valence-corrected chi connectivity index (χ4v) is 4.01. The Hall–Kier alpha value is -2.34. The molecule has 2 aromatic rings. The Balaban J connectivity index is 1.54. The van der Waals surface area contributed by atoms with Crippen LogP contribution in [0.1, 0.15) is 17.5 Å². The second kappa shape index (κ2) is 6.42. The van der Waals surface area contributed by atoms with E-state index in [-0.39, 0.29) is 0 Å². The predicted molar refractivity (Wildman–Crippen MR) is 98.7 cm³/mol. The van der Waals surface area contributed by atoms with Crippen LogP contribution < -0.4 is 0 Å². The van der Waals surface area contributed by atoms with Gasteiger partial charge in [-0.05, 0) is 41.2 Å². The van der Waals surface area contributed by atoms with E-state index in [2.05, 4.69) is 97.1 Å². The van der Waals surface area contributed by atoms with Crippen molar-refractivity contribution < 1.29 is 0 Å². The van der Waals surface area contributed by atoms with Crippen LogP contribution >= 0.6 is 0 Å². The highest BCUT2D eigenvalue weighted by Crippen LogP contribution is 2.49. The van der Waals surface area contributed by atoms with E-state index in [0.717, 1.165) is 0 Å². The molecule has 1 fully saturated rings. The highest BCUT2D eigenvalue weighted by Gasteiger charge is 2.41. The second-order valence-electron chi connectivity index (χ2n) is 6.64. The van der Waals surface area contributed by atoms with Crippen LogP contribution in [0.25, 0.3) is 12.2 Å². The third-order valence-electron chi connectivity index (χ3n) is 5.20. The van der Waals surface area contributed by atoms with Crippen molar-refractivity contribution in [3.05, 3.63) is 96.1 Å². The topological polar surface area (TPSA) is 0 Å². The van der Waals surface area contributed by atoms with Crippen molar-refractivity contribution in [1.82, 2.24) is 0 Å². The predicted octanol–water partition coefficient (Wildman–Crippen LogP) is 5.85. The van der Waals surface area contributed by atoms with Gasteiger partial charge in [0.05, 0.1) is 0 Å². The maximum absolute atomic E-state index is 2.43. The molecule has 2 aromatic carbocycles. The van der Waals surface area contributed by atoms with Gasteiger partial charge in [-0.3, -0.25) is 0 Å². The number of rotatable bonds is 4. The molecular formula is C23H22. The minimum atomic E-state index is 0.630. The molecule has 4 atom stereocenters. The number of benzene rings is 2. The zero-order valence-electron chi connectivity index (χ0n) is 13.3. The lowest BCUT2D eigenvalue weighted by atomic mass is 9.82. The van der Waals surface area contributed by atoms with Crippen LogP contribution in [0.4, 0.5) is 0 Å². The van der Waals surface area contributed by atoms with Gasteiger partial charge in [0.1, 0.15) is 0 Å². The van der Waals surface area contributed by atoms with Crippen molar-refractivity contribution in [3.63, 3.8) is 0 Å². The van der Waals surface area contributed by atoms with Crippen LogP contribution in [0.5, 0.6) is 0 Å². The molecule has 2 bridgehead atoms. The minimum Gasteiger partial charge on any atom is -0.0845 e. The molecular weight excluding hydrogens is 276 g/mol. The van der Waals surface area contributed by atoms with Crippen molar-refractivity contribution in [2.45, 2.75) is 6.42 Å². The highest BCUT2D eigenvalue weighted by molar-refractivity contribution is 5.52. The molecule has 0 aliphatic heterocycles. The highest BCUT2D eigenvalue weighted by atomic mass is 14.5. The van der Waals surface area contributed by atoms with Gasteiger partial charge in [-0.2, -0.15) is 0 Å². The summed E-state index contributed by atoms with van der Waals surface area (Å²) < 4.78 is 0. The average molecular weight is 298 g/mol. The van der Waals surface area contributed by atoms with Crippen molar-refractivity contribution >= 4 is 12.2 Å². The normalized spacial score (nSPS) is 29.0. The van der Waals surface area contributed by atoms with Gasteiger partial charge >= 0.3 is 0 Å². The van der Waals surface area contributed by atoms with Crippen molar-refractivity contribution in [2.75, 3.05) is 0 Å². The van der Waals surface area contributed by atoms with Gasteiger partial charge in [0.25, 0.3) is 0 Å². The number of fused-ring (bicyclic) bond motifs is 2. The second-order valence-corrected chi connectivity index (χ2v) is 6.64. The maximum Gasteiger partial charge on any atom is -0.00982 e. The van der Waals surface area contributed by atoms with E-state index in [0.29, 0.717) is 23.7 Å². The zero-order chi connectivity index (χ0) is 15.5. The van der Waals surface area contributed by atoms with Gasteiger partial charge in [-0.25, -0.2) is 0 Å². The molecule has 2 aliphatic carbocycles. The van der Waals surface area contributed by atoms with Gasteiger partial charge in [0, 0.05) is 0 Å². The lowest BCUT2D eigenvalue weighted by Gasteiger charge is -2.22. The molecule has 0 amide bonds. The molecule has 0 aromatic heterocycles. The summed E-state index contributed by atoms with van der Waals surface area (Å²) in [6.07, 6.45) is 15.6. The first kappa shape index (κ1) is 14.3. The molecule has 0 spiro atoms. The van der Waals surface area contributed by atoms with Gasteiger partial charge in [0.2, 0.25) is 0 Å². The summed E-state index contributed by atoms with van der Waals surface area (Å²) in [7, 11) is 0. The summed E-state index contributed by atoms with van der Waals surface area (Å²) in [6.45, 7) is 0. The Morgan fingerprint density at radius 1 is 0.609 bits per heavy atom. The summed E-state index contributed by atoms with van der Waals surface area (Å²) in [6, 6.07) is 21.3. The summed E-state index contributed by atoms with van der Waals surface area (Å²) in [4.78, 5) is 0. The lowest BCUT2D eigenvalue weighted by Crippen LogP contribution is -2.15. The van der Waals surface area contributed by atoms with Crippen molar-refractivity contribution in [3.8, 4) is 0 Å². The minimum absolute atomic E-state index is 0.630. The van der Waals surface area contributed by atoms with E-state index in [1.807, 2.05) is 0 Å². The van der Waals surface area contributed by atoms with E-state index in [1.54, 1.807) is 0 Å². The number of allylic oxidation sites excluding steroid dienone is 4. The Kier molecular flexibility index (Phi) is 3.98. The Labute approximate surface area is 138 Å². The summed E-state index contributed by atoms with van der Waals surface area (Å²) in [5.74, 6) is 2.69. The van der Waals surface area contributed by atoms with Crippen LogP contribution in [0.2, 0.25) is 0 Å². The molecule has 0 heterocycles. The van der Waals surface area contributed by atoms with Gasteiger partial charge in [-0.1, -0.05) is 97.1 Å². The Morgan fingerprint density at radius 3 is 1.48 bits per heavy atom. The molecule has 1 saturated carbocycles. The van der Waals surface area contributed by atoms with Gasteiger partial charge in [-0.15, -0.1) is 0 Å². The molecule has 0 N–H and O–H groups in total. The number of hydrogen-bond acceptors (Lipinski definition) is 0. The number of hydrogen-bond donors (Lipinski definition) is 0. The zero-order valence-corrected chi connectivity index (χ0v) is 13.3. The molecule has 4 rings (SSSR count). The molecule has 23 heavy (non-hydrogen) atoms. The van der Waals surface area contributed by atoms with Crippen LogP contribution in [-0.4, -0.2) is 0 Å². The van der Waals surface area contributed by atoms with Crippen molar-refractivity contribution in [2.24, 2.45) is 23.7 Å². The monoisotopic (exact) mass is 298 g/mol. The fraction of sp³-hybridized carbons (Fsp3) is 0.217. The summed E-state index contributed by atoms with van der Waals surface area (Å²) in [5, 5.41) is 0. The van der Waals surface area contributed by atoms with Crippen molar-refractivity contribution in [1.29, 1.82) is 0 Å². The van der Waals surface area contributed by atoms with Crippen LogP contribution in [-0.2, 0) is 0 Å². The van der Waals surface area contributed by atoms with E-state index in [9.17, 15) is 0 Å². The maximum atomic E-state index is 2.43. The van der Waals surface area contributed by atoms with Crippen LogP contribution in [0.3, 0.4) is 0 Å². The molecule has 114 valence electrons. The van der Waals surface area contributed by atoms with E-state index in [1.165, 1.54) is 17.5 Å². The first-order chi connectivity index (χ1) is 11.4. The van der Waals surface area contributed by atoms with Crippen LogP contribution in [0, 0.1) is 23.7 Å². The smallest absolute Gasteiger partial charge is 0.00982 e. The first-order valence-electron chi connectivity index (χ1n) is 8.55. The van der Waals surface area contributed by atoms with E-state index >= 15 is 0 Å². The SMILES string of the molecule is C1=C[C@H]2C[C@@H]1[C@H](/C=C/c1ccccc1)[C@@H]2/C=C/c1ccccc1. The largest absolute Gasteiger partial charge is 0.0845 e. The average Bonchev–Trinajstić information content (AvgIpc) is 3.21.